The first-order chi connectivity index (χ1) is 15.2. The molecule has 0 radical (unpaired) electrons. The van der Waals surface area contributed by atoms with Crippen LogP contribution in [-0.2, 0) is 14.8 Å². The molecule has 2 N–H and O–H groups in total. The number of nitrogens with zero attached hydrogens (tertiary/aromatic N) is 3. The van der Waals surface area contributed by atoms with Crippen molar-refractivity contribution >= 4 is 27.6 Å². The van der Waals surface area contributed by atoms with E-state index < -0.39 is 38.6 Å². The first-order valence-electron chi connectivity index (χ1n) is 10.8. The second kappa shape index (κ2) is 10.4. The molecular formula is C20H29N5O6S. The predicted molar refractivity (Wildman–Crippen MR) is 116 cm³/mol. The van der Waals surface area contributed by atoms with Crippen LogP contribution in [0.1, 0.15) is 39.0 Å². The van der Waals surface area contributed by atoms with Gasteiger partial charge in [0.05, 0.1) is 11.0 Å². The van der Waals surface area contributed by atoms with E-state index in [0.717, 1.165) is 38.2 Å². The monoisotopic (exact) mass is 467 g/mol. The van der Waals surface area contributed by atoms with Gasteiger partial charge in [-0.1, -0.05) is 31.4 Å². The van der Waals surface area contributed by atoms with Crippen LogP contribution in [0.25, 0.3) is 0 Å². The maximum Gasteiger partial charge on any atom is 0.321 e. The third-order valence-corrected chi connectivity index (χ3v) is 8.00. The second-order valence-corrected chi connectivity index (χ2v) is 10.0. The average Bonchev–Trinajstić information content (AvgIpc) is 2.79. The van der Waals surface area contributed by atoms with Crippen LogP contribution in [0.4, 0.5) is 10.5 Å². The molecule has 1 saturated heterocycles. The summed E-state index contributed by atoms with van der Waals surface area (Å²) in [7, 11) is -4.04. The lowest BCUT2D eigenvalue weighted by molar-refractivity contribution is -0.387. The Morgan fingerprint density at radius 2 is 1.72 bits per heavy atom. The summed E-state index contributed by atoms with van der Waals surface area (Å²) in [5.74, 6) is -0.451. The molecule has 1 atom stereocenters. The van der Waals surface area contributed by atoms with Crippen LogP contribution < -0.4 is 10.6 Å². The molecule has 0 unspecified atom stereocenters. The SMILES string of the molecule is C[C@@H](C(=O)NC(=O)NC1CCCCC1)N1CCN(S(=O)(=O)c2ccccc2[N+](=O)[O-])CC1. The van der Waals surface area contributed by atoms with Crippen molar-refractivity contribution in [1.82, 2.24) is 19.8 Å². The number of nitrogens with one attached hydrogen (secondary N) is 2. The summed E-state index contributed by atoms with van der Waals surface area (Å²) in [5, 5.41) is 16.4. The molecular weight excluding hydrogens is 438 g/mol. The first kappa shape index (κ1) is 24.1. The number of piperazine rings is 1. The summed E-state index contributed by atoms with van der Waals surface area (Å²) in [6.07, 6.45) is 5.11. The normalized spacial score (nSPS) is 19.8. The van der Waals surface area contributed by atoms with Crippen molar-refractivity contribution in [1.29, 1.82) is 0 Å². The molecule has 32 heavy (non-hydrogen) atoms. The van der Waals surface area contributed by atoms with E-state index in [-0.39, 0.29) is 37.1 Å². The molecule has 1 aromatic rings. The smallest absolute Gasteiger partial charge is 0.321 e. The number of urea groups is 1. The number of hydrogen-bond acceptors (Lipinski definition) is 7. The highest BCUT2D eigenvalue weighted by Gasteiger charge is 2.35. The van der Waals surface area contributed by atoms with Crippen LogP contribution in [0.3, 0.4) is 0 Å². The minimum atomic E-state index is -4.04. The van der Waals surface area contributed by atoms with E-state index in [1.165, 1.54) is 22.5 Å². The molecule has 2 fully saturated rings. The summed E-state index contributed by atoms with van der Waals surface area (Å²) < 4.78 is 27.0. The molecule has 1 aromatic carbocycles. The maximum atomic E-state index is 12.9. The van der Waals surface area contributed by atoms with E-state index in [2.05, 4.69) is 10.6 Å². The fourth-order valence-corrected chi connectivity index (χ4v) is 5.73. The Balaban J connectivity index is 1.55. The highest BCUT2D eigenvalue weighted by molar-refractivity contribution is 7.89. The zero-order chi connectivity index (χ0) is 23.3. The minimum absolute atomic E-state index is 0.0836. The van der Waals surface area contributed by atoms with Crippen molar-refractivity contribution in [2.24, 2.45) is 0 Å². The van der Waals surface area contributed by atoms with Gasteiger partial charge in [-0.2, -0.15) is 4.31 Å². The van der Waals surface area contributed by atoms with E-state index in [1.807, 2.05) is 0 Å². The van der Waals surface area contributed by atoms with E-state index in [0.29, 0.717) is 0 Å². The third kappa shape index (κ3) is 5.61. The Kier molecular flexibility index (Phi) is 7.80. The second-order valence-electron chi connectivity index (χ2n) is 8.14. The van der Waals surface area contributed by atoms with Crippen molar-refractivity contribution in [2.75, 3.05) is 26.2 Å². The number of nitro groups is 1. The molecule has 176 valence electrons. The molecule has 1 aliphatic heterocycles. The first-order valence-corrected chi connectivity index (χ1v) is 12.2. The zero-order valence-electron chi connectivity index (χ0n) is 18.0. The number of imide groups is 1. The minimum Gasteiger partial charge on any atom is -0.335 e. The molecule has 12 heteroatoms. The lowest BCUT2D eigenvalue weighted by Gasteiger charge is -2.36. The summed E-state index contributed by atoms with van der Waals surface area (Å²) >= 11 is 0. The van der Waals surface area contributed by atoms with Gasteiger partial charge in [0.15, 0.2) is 4.90 Å². The fourth-order valence-electron chi connectivity index (χ4n) is 4.15. The van der Waals surface area contributed by atoms with Gasteiger partial charge in [0, 0.05) is 38.3 Å². The largest absolute Gasteiger partial charge is 0.335 e. The van der Waals surface area contributed by atoms with Gasteiger partial charge < -0.3 is 5.32 Å². The topological polar surface area (TPSA) is 142 Å². The van der Waals surface area contributed by atoms with Gasteiger partial charge in [-0.15, -0.1) is 0 Å². The van der Waals surface area contributed by atoms with Crippen LogP contribution in [0.15, 0.2) is 29.2 Å². The van der Waals surface area contributed by atoms with Gasteiger partial charge in [0.25, 0.3) is 5.69 Å². The molecule has 1 heterocycles. The van der Waals surface area contributed by atoms with Crippen molar-refractivity contribution < 1.29 is 22.9 Å². The van der Waals surface area contributed by atoms with Gasteiger partial charge in [-0.3, -0.25) is 25.1 Å². The quantitative estimate of drug-likeness (QED) is 0.476. The molecule has 3 amide bonds. The third-order valence-electron chi connectivity index (χ3n) is 6.06. The highest BCUT2D eigenvalue weighted by Crippen LogP contribution is 2.27. The Hall–Kier alpha value is -2.57. The molecule has 1 saturated carbocycles. The number of carbonyl (C=O) groups excluding carboxylic acids is 2. The van der Waals surface area contributed by atoms with Gasteiger partial charge in [0.1, 0.15) is 0 Å². The lowest BCUT2D eigenvalue weighted by atomic mass is 9.96. The van der Waals surface area contributed by atoms with E-state index in [9.17, 15) is 28.1 Å². The molecule has 3 rings (SSSR count). The van der Waals surface area contributed by atoms with E-state index in [1.54, 1.807) is 11.8 Å². The standard InChI is InChI=1S/C20H29N5O6S/c1-15(19(26)22-20(27)21-16-7-3-2-4-8-16)23-11-13-24(14-12-23)32(30,31)18-10-6-5-9-17(18)25(28)29/h5-6,9-10,15-16H,2-4,7-8,11-14H2,1H3,(H2,21,22,26,27)/t15-/m0/s1. The number of benzene rings is 1. The van der Waals surface area contributed by atoms with E-state index >= 15 is 0 Å². The Bertz CT molecular complexity index is 955. The summed E-state index contributed by atoms with van der Waals surface area (Å²) in [6, 6.07) is 4.20. The maximum absolute atomic E-state index is 12.9. The molecule has 2 aliphatic rings. The number of rotatable bonds is 6. The zero-order valence-corrected chi connectivity index (χ0v) is 18.8. The number of hydrogen-bond donors (Lipinski definition) is 2. The van der Waals surface area contributed by atoms with Crippen LogP contribution in [0.2, 0.25) is 0 Å². The Labute approximate surface area is 187 Å². The van der Waals surface area contributed by atoms with Crippen molar-refractivity contribution in [2.45, 2.75) is 56.0 Å². The Morgan fingerprint density at radius 3 is 2.34 bits per heavy atom. The Morgan fingerprint density at radius 1 is 1.09 bits per heavy atom. The van der Waals surface area contributed by atoms with Crippen molar-refractivity contribution in [3.8, 4) is 0 Å². The predicted octanol–water partition coefficient (Wildman–Crippen LogP) is 1.45. The number of sulfonamides is 1. The van der Waals surface area contributed by atoms with Crippen LogP contribution in [0, 0.1) is 10.1 Å². The van der Waals surface area contributed by atoms with E-state index in [4.69, 9.17) is 0 Å². The molecule has 11 nitrogen and oxygen atoms in total. The van der Waals surface area contributed by atoms with Gasteiger partial charge in [-0.05, 0) is 25.8 Å². The molecule has 0 spiro atoms. The van der Waals surface area contributed by atoms with Crippen molar-refractivity contribution in [3.05, 3.63) is 34.4 Å². The number of carbonyl (C=O) groups is 2. The van der Waals surface area contributed by atoms with Crippen LogP contribution in [0.5, 0.6) is 0 Å². The fraction of sp³-hybridized carbons (Fsp3) is 0.600. The molecule has 0 bridgehead atoms. The van der Waals surface area contributed by atoms with Gasteiger partial charge in [-0.25, -0.2) is 13.2 Å². The van der Waals surface area contributed by atoms with Crippen LogP contribution in [-0.4, -0.2) is 72.7 Å². The molecule has 0 aromatic heterocycles. The summed E-state index contributed by atoms with van der Waals surface area (Å²) in [5.41, 5.74) is -0.466. The van der Waals surface area contributed by atoms with Crippen molar-refractivity contribution in [3.63, 3.8) is 0 Å². The van der Waals surface area contributed by atoms with Gasteiger partial charge >= 0.3 is 6.03 Å². The number of amides is 3. The molecule has 1 aliphatic carbocycles. The summed E-state index contributed by atoms with van der Waals surface area (Å²) in [4.78, 5) is 36.6. The highest BCUT2D eigenvalue weighted by atomic mass is 32.2. The van der Waals surface area contributed by atoms with Gasteiger partial charge in [0.2, 0.25) is 15.9 Å². The summed E-state index contributed by atoms with van der Waals surface area (Å²) in [6.45, 7) is 2.35. The average molecular weight is 468 g/mol. The number of nitro benzene ring substituents is 1. The number of para-hydroxylation sites is 1. The lowest BCUT2D eigenvalue weighted by Crippen LogP contribution is -2.56. The van der Waals surface area contributed by atoms with Crippen LogP contribution >= 0.6 is 0 Å².